The molecule has 0 N–H and O–H groups in total. The summed E-state index contributed by atoms with van der Waals surface area (Å²) < 4.78 is 11.2. The molecule has 2 heterocycles. The van der Waals surface area contributed by atoms with Crippen LogP contribution < -0.4 is 9.64 Å². The standard InChI is InChI=1S/C22H36N6O3/c1-22(2,3)31-21(29)27(4)18-11-14-28(15-12-18)20-10-9-19(17-24-20)30-16-8-6-5-7-13-25-26-23/h9-10,17-18H,5-8,11-16H2,1-4H3. The van der Waals surface area contributed by atoms with Crippen LogP contribution in [0.1, 0.15) is 59.3 Å². The highest BCUT2D eigenvalue weighted by molar-refractivity contribution is 5.68. The van der Waals surface area contributed by atoms with Crippen LogP contribution in [0.15, 0.2) is 23.4 Å². The maximum absolute atomic E-state index is 12.3. The van der Waals surface area contributed by atoms with Crippen molar-refractivity contribution in [2.75, 3.05) is 38.2 Å². The van der Waals surface area contributed by atoms with Gasteiger partial charge in [-0.25, -0.2) is 9.78 Å². The Labute approximate surface area is 185 Å². The third-order valence-electron chi connectivity index (χ3n) is 5.22. The van der Waals surface area contributed by atoms with Crippen LogP contribution in [-0.2, 0) is 4.74 Å². The molecule has 2 rings (SSSR count). The topological polar surface area (TPSA) is 104 Å². The lowest BCUT2D eigenvalue weighted by Crippen LogP contribution is -2.47. The number of carbonyl (C=O) groups is 1. The molecular formula is C22H36N6O3. The van der Waals surface area contributed by atoms with E-state index < -0.39 is 5.60 Å². The van der Waals surface area contributed by atoms with Crippen LogP contribution in [0.5, 0.6) is 5.75 Å². The Hall–Kier alpha value is -2.67. The first kappa shape index (κ1) is 24.6. The van der Waals surface area contributed by atoms with E-state index in [1.807, 2.05) is 40.0 Å². The van der Waals surface area contributed by atoms with Crippen molar-refractivity contribution in [2.24, 2.45) is 5.11 Å². The summed E-state index contributed by atoms with van der Waals surface area (Å²) >= 11 is 0. The number of carbonyl (C=O) groups excluding carboxylic acids is 1. The van der Waals surface area contributed by atoms with E-state index in [9.17, 15) is 4.79 Å². The SMILES string of the molecule is CN(C(=O)OC(C)(C)C)C1CCN(c2ccc(OCCCCCCN=[N+]=[N-])cn2)CC1. The number of piperidine rings is 1. The number of aromatic nitrogens is 1. The molecule has 0 aromatic carbocycles. The first-order chi connectivity index (χ1) is 14.8. The molecule has 0 unspecified atom stereocenters. The van der Waals surface area contributed by atoms with Gasteiger partial charge >= 0.3 is 6.09 Å². The van der Waals surface area contributed by atoms with Crippen LogP contribution in [0.25, 0.3) is 10.4 Å². The zero-order valence-corrected chi connectivity index (χ0v) is 19.3. The van der Waals surface area contributed by atoms with Crippen LogP contribution >= 0.6 is 0 Å². The van der Waals surface area contributed by atoms with Gasteiger partial charge in [0.1, 0.15) is 17.2 Å². The van der Waals surface area contributed by atoms with Gasteiger partial charge in [0.15, 0.2) is 0 Å². The smallest absolute Gasteiger partial charge is 0.410 e. The molecule has 0 radical (unpaired) electrons. The minimum Gasteiger partial charge on any atom is -0.492 e. The molecule has 1 fully saturated rings. The summed E-state index contributed by atoms with van der Waals surface area (Å²) in [5, 5.41) is 3.53. The van der Waals surface area contributed by atoms with Crippen LogP contribution in [0.3, 0.4) is 0 Å². The summed E-state index contributed by atoms with van der Waals surface area (Å²) in [7, 11) is 1.82. The monoisotopic (exact) mass is 432 g/mol. The first-order valence-electron chi connectivity index (χ1n) is 11.1. The number of unbranched alkanes of at least 4 members (excludes halogenated alkanes) is 3. The summed E-state index contributed by atoms with van der Waals surface area (Å²) in [5.41, 5.74) is 7.75. The number of hydrogen-bond acceptors (Lipinski definition) is 6. The number of amides is 1. The fourth-order valence-corrected chi connectivity index (χ4v) is 3.48. The lowest BCUT2D eigenvalue weighted by molar-refractivity contribution is 0.0201. The molecule has 0 aliphatic carbocycles. The molecule has 0 atom stereocenters. The molecule has 9 nitrogen and oxygen atoms in total. The predicted molar refractivity (Wildman–Crippen MR) is 121 cm³/mol. The first-order valence-corrected chi connectivity index (χ1v) is 11.1. The Balaban J connectivity index is 1.69. The van der Waals surface area contributed by atoms with Gasteiger partial charge in [0.2, 0.25) is 0 Å². The molecule has 1 aliphatic heterocycles. The van der Waals surface area contributed by atoms with Gasteiger partial charge in [0.25, 0.3) is 0 Å². The summed E-state index contributed by atoms with van der Waals surface area (Å²) in [5.74, 6) is 1.71. The Morgan fingerprint density at radius 2 is 1.97 bits per heavy atom. The Morgan fingerprint density at radius 1 is 1.26 bits per heavy atom. The largest absolute Gasteiger partial charge is 0.492 e. The maximum atomic E-state index is 12.3. The zero-order chi connectivity index (χ0) is 22.7. The van der Waals surface area contributed by atoms with Crippen molar-refractivity contribution in [3.8, 4) is 5.75 Å². The fourth-order valence-electron chi connectivity index (χ4n) is 3.48. The molecule has 0 bridgehead atoms. The highest BCUT2D eigenvalue weighted by Crippen LogP contribution is 2.23. The Bertz CT molecular complexity index is 720. The van der Waals surface area contributed by atoms with E-state index in [0.717, 1.165) is 63.2 Å². The molecule has 0 saturated carbocycles. The van der Waals surface area contributed by atoms with E-state index in [4.69, 9.17) is 15.0 Å². The van der Waals surface area contributed by atoms with E-state index in [-0.39, 0.29) is 12.1 Å². The van der Waals surface area contributed by atoms with E-state index >= 15 is 0 Å². The molecular weight excluding hydrogens is 396 g/mol. The van der Waals surface area contributed by atoms with Gasteiger partial charge in [-0.3, -0.25) is 0 Å². The fraction of sp³-hybridized carbons (Fsp3) is 0.727. The zero-order valence-electron chi connectivity index (χ0n) is 19.3. The Morgan fingerprint density at radius 3 is 2.58 bits per heavy atom. The number of ether oxygens (including phenoxy) is 2. The van der Waals surface area contributed by atoms with Crippen molar-refractivity contribution in [1.82, 2.24) is 9.88 Å². The number of hydrogen-bond donors (Lipinski definition) is 0. The number of anilines is 1. The average molecular weight is 433 g/mol. The van der Waals surface area contributed by atoms with Gasteiger partial charge in [-0.15, -0.1) is 0 Å². The van der Waals surface area contributed by atoms with Crippen molar-refractivity contribution in [3.05, 3.63) is 28.8 Å². The predicted octanol–water partition coefficient (Wildman–Crippen LogP) is 5.17. The highest BCUT2D eigenvalue weighted by Gasteiger charge is 2.28. The van der Waals surface area contributed by atoms with Gasteiger partial charge in [0.05, 0.1) is 12.8 Å². The van der Waals surface area contributed by atoms with Gasteiger partial charge in [-0.1, -0.05) is 18.0 Å². The second-order valence-corrected chi connectivity index (χ2v) is 8.88. The summed E-state index contributed by atoms with van der Waals surface area (Å²) in [4.78, 5) is 23.6. The second kappa shape index (κ2) is 12.2. The quantitative estimate of drug-likeness (QED) is 0.220. The summed E-state index contributed by atoms with van der Waals surface area (Å²) in [6.07, 6.45) is 7.26. The van der Waals surface area contributed by atoms with Gasteiger partial charge in [-0.05, 0) is 64.1 Å². The molecule has 9 heteroatoms. The number of pyridine rings is 1. The third kappa shape index (κ3) is 8.92. The van der Waals surface area contributed by atoms with Crippen LogP contribution in [0, 0.1) is 0 Å². The number of nitrogens with zero attached hydrogens (tertiary/aromatic N) is 6. The molecule has 1 aromatic heterocycles. The molecule has 1 saturated heterocycles. The molecule has 1 amide bonds. The van der Waals surface area contributed by atoms with Gasteiger partial charge in [-0.2, -0.15) is 0 Å². The van der Waals surface area contributed by atoms with Crippen molar-refractivity contribution in [2.45, 2.75) is 70.9 Å². The van der Waals surface area contributed by atoms with Gasteiger partial charge < -0.3 is 19.3 Å². The summed E-state index contributed by atoms with van der Waals surface area (Å²) in [6, 6.07) is 4.14. The van der Waals surface area contributed by atoms with Crippen molar-refractivity contribution < 1.29 is 14.3 Å². The maximum Gasteiger partial charge on any atom is 0.410 e. The number of rotatable bonds is 10. The van der Waals surface area contributed by atoms with Crippen molar-refractivity contribution in [3.63, 3.8) is 0 Å². The molecule has 31 heavy (non-hydrogen) atoms. The van der Waals surface area contributed by atoms with Crippen LogP contribution in [0.2, 0.25) is 0 Å². The normalized spacial score (nSPS) is 14.6. The van der Waals surface area contributed by atoms with Gasteiger partial charge in [0, 0.05) is 37.6 Å². The lowest BCUT2D eigenvalue weighted by Gasteiger charge is -2.37. The van der Waals surface area contributed by atoms with Crippen molar-refractivity contribution in [1.29, 1.82) is 0 Å². The van der Waals surface area contributed by atoms with E-state index in [2.05, 4.69) is 19.9 Å². The van der Waals surface area contributed by atoms with E-state index in [0.29, 0.717) is 13.2 Å². The highest BCUT2D eigenvalue weighted by atomic mass is 16.6. The second-order valence-electron chi connectivity index (χ2n) is 8.88. The molecule has 172 valence electrons. The lowest BCUT2D eigenvalue weighted by atomic mass is 10.0. The molecule has 0 spiro atoms. The van der Waals surface area contributed by atoms with Crippen LogP contribution in [0.4, 0.5) is 10.6 Å². The van der Waals surface area contributed by atoms with E-state index in [1.54, 1.807) is 11.1 Å². The van der Waals surface area contributed by atoms with Crippen molar-refractivity contribution >= 4 is 11.9 Å². The average Bonchev–Trinajstić information content (AvgIpc) is 2.74. The molecule has 1 aliphatic rings. The Kier molecular flexibility index (Phi) is 9.72. The van der Waals surface area contributed by atoms with E-state index in [1.165, 1.54) is 0 Å². The van der Waals surface area contributed by atoms with Crippen LogP contribution in [-0.4, -0.2) is 60.9 Å². The minimum absolute atomic E-state index is 0.181. The number of azide groups is 1. The third-order valence-corrected chi connectivity index (χ3v) is 5.22. The molecule has 1 aromatic rings. The minimum atomic E-state index is -0.479. The summed E-state index contributed by atoms with van der Waals surface area (Å²) in [6.45, 7) is 8.57.